The summed E-state index contributed by atoms with van der Waals surface area (Å²) in [5.74, 6) is -0.00434. The minimum Gasteiger partial charge on any atom is -0.380 e. The highest BCUT2D eigenvalue weighted by Gasteiger charge is 2.16. The number of carbonyl (C=O) groups is 1. The fourth-order valence-corrected chi connectivity index (χ4v) is 3.99. The molecule has 2 N–H and O–H groups in total. The van der Waals surface area contributed by atoms with Crippen LogP contribution in [0.4, 0.5) is 5.69 Å². The Morgan fingerprint density at radius 3 is 2.89 bits per heavy atom. The molecule has 1 atom stereocenters. The number of hydrogen-bond donors (Lipinski definition) is 2. The topological polar surface area (TPSA) is 53.6 Å². The lowest BCUT2D eigenvalue weighted by Crippen LogP contribution is -2.33. The lowest BCUT2D eigenvalue weighted by atomic mass is 10.00. The number of carbonyl (C=O) groups excluding carboxylic acids is 1. The molecule has 0 radical (unpaired) electrons. The molecule has 148 valence electrons. The molecule has 1 amide bonds. The number of ether oxygens (including phenoxy) is 1. The predicted molar refractivity (Wildman–Crippen MR) is 112 cm³/mol. The summed E-state index contributed by atoms with van der Waals surface area (Å²) >= 11 is 0. The van der Waals surface area contributed by atoms with Crippen molar-refractivity contribution in [1.82, 2.24) is 10.2 Å². The number of benzene rings is 2. The molecule has 2 heterocycles. The van der Waals surface area contributed by atoms with Crippen molar-refractivity contribution in [3.8, 4) is 0 Å². The average Bonchev–Trinajstić information content (AvgIpc) is 3.24. The van der Waals surface area contributed by atoms with Crippen LogP contribution in [0.15, 0.2) is 48.5 Å². The molecule has 2 aromatic carbocycles. The number of nitrogens with zero attached hydrogens (tertiary/aromatic N) is 1. The maximum atomic E-state index is 12.5. The second-order valence-electron chi connectivity index (χ2n) is 7.69. The summed E-state index contributed by atoms with van der Waals surface area (Å²) in [7, 11) is 0. The van der Waals surface area contributed by atoms with Gasteiger partial charge < -0.3 is 15.4 Å². The van der Waals surface area contributed by atoms with Crippen molar-refractivity contribution in [2.75, 3.05) is 38.2 Å². The first-order valence-corrected chi connectivity index (χ1v) is 10.3. The maximum Gasteiger partial charge on any atom is 0.251 e. The molecule has 1 saturated heterocycles. The highest BCUT2D eigenvalue weighted by atomic mass is 16.5. The van der Waals surface area contributed by atoms with E-state index in [0.717, 1.165) is 57.8 Å². The van der Waals surface area contributed by atoms with Crippen LogP contribution in [0.3, 0.4) is 0 Å². The standard InChI is InChI=1S/C23H29N3O2/c27-23(19-7-3-8-21(15-19)25-22-10-14-28-17-22)24-11-4-12-26-13-9-18-5-1-2-6-20(18)16-26/h1-3,5-8,15,22,25H,4,9-14,16-17H2,(H,24,27). The third-order valence-corrected chi connectivity index (χ3v) is 5.57. The van der Waals surface area contributed by atoms with E-state index in [4.69, 9.17) is 4.74 Å². The van der Waals surface area contributed by atoms with Crippen molar-refractivity contribution >= 4 is 11.6 Å². The second-order valence-corrected chi connectivity index (χ2v) is 7.69. The minimum absolute atomic E-state index is 0.00434. The van der Waals surface area contributed by atoms with Crippen molar-refractivity contribution in [3.63, 3.8) is 0 Å². The van der Waals surface area contributed by atoms with E-state index in [1.807, 2.05) is 24.3 Å². The molecule has 5 nitrogen and oxygen atoms in total. The first-order valence-electron chi connectivity index (χ1n) is 10.3. The van der Waals surface area contributed by atoms with E-state index in [-0.39, 0.29) is 5.91 Å². The first kappa shape index (κ1) is 19.0. The first-order chi connectivity index (χ1) is 13.8. The third-order valence-electron chi connectivity index (χ3n) is 5.57. The van der Waals surface area contributed by atoms with Gasteiger partial charge in [0, 0.05) is 44.0 Å². The average molecular weight is 380 g/mol. The quantitative estimate of drug-likeness (QED) is 0.726. The van der Waals surface area contributed by atoms with Gasteiger partial charge in [-0.2, -0.15) is 0 Å². The molecule has 0 aliphatic carbocycles. The van der Waals surface area contributed by atoms with Crippen LogP contribution < -0.4 is 10.6 Å². The highest BCUT2D eigenvalue weighted by Crippen LogP contribution is 2.18. The van der Waals surface area contributed by atoms with Crippen LogP contribution in [-0.2, 0) is 17.7 Å². The van der Waals surface area contributed by atoms with E-state index in [1.54, 1.807) is 0 Å². The molecular formula is C23H29N3O2. The van der Waals surface area contributed by atoms with Gasteiger partial charge in [-0.3, -0.25) is 9.69 Å². The van der Waals surface area contributed by atoms with Gasteiger partial charge >= 0.3 is 0 Å². The van der Waals surface area contributed by atoms with Crippen LogP contribution in [0.1, 0.15) is 34.3 Å². The van der Waals surface area contributed by atoms with Crippen LogP contribution >= 0.6 is 0 Å². The zero-order chi connectivity index (χ0) is 19.2. The maximum absolute atomic E-state index is 12.5. The SMILES string of the molecule is O=C(NCCCN1CCc2ccccc2C1)c1cccc(NC2CCOC2)c1. The van der Waals surface area contributed by atoms with Gasteiger partial charge in [0.15, 0.2) is 0 Å². The number of nitrogens with one attached hydrogen (secondary N) is 2. The molecule has 0 bridgehead atoms. The Kier molecular flexibility index (Phi) is 6.24. The number of amides is 1. The molecule has 0 aromatic heterocycles. The Bertz CT molecular complexity index is 802. The summed E-state index contributed by atoms with van der Waals surface area (Å²) < 4.78 is 5.40. The number of fused-ring (bicyclic) bond motifs is 1. The molecule has 0 saturated carbocycles. The van der Waals surface area contributed by atoms with Crippen LogP contribution in [0.5, 0.6) is 0 Å². The van der Waals surface area contributed by atoms with Gasteiger partial charge in [0.2, 0.25) is 0 Å². The van der Waals surface area contributed by atoms with Gasteiger partial charge in [-0.1, -0.05) is 30.3 Å². The largest absolute Gasteiger partial charge is 0.380 e. The van der Waals surface area contributed by atoms with Crippen molar-refractivity contribution in [2.24, 2.45) is 0 Å². The highest BCUT2D eigenvalue weighted by molar-refractivity contribution is 5.95. The van der Waals surface area contributed by atoms with E-state index in [1.165, 1.54) is 11.1 Å². The van der Waals surface area contributed by atoms with Gasteiger partial charge in [0.05, 0.1) is 12.6 Å². The monoisotopic (exact) mass is 379 g/mol. The summed E-state index contributed by atoms with van der Waals surface area (Å²) in [4.78, 5) is 14.9. The van der Waals surface area contributed by atoms with Crippen LogP contribution in [0.25, 0.3) is 0 Å². The molecule has 1 fully saturated rings. The van der Waals surface area contributed by atoms with Gasteiger partial charge in [-0.15, -0.1) is 0 Å². The fraction of sp³-hybridized carbons (Fsp3) is 0.435. The number of anilines is 1. The molecule has 0 spiro atoms. The second kappa shape index (κ2) is 9.22. The lowest BCUT2D eigenvalue weighted by molar-refractivity contribution is 0.0951. The van der Waals surface area contributed by atoms with E-state index in [0.29, 0.717) is 18.2 Å². The van der Waals surface area contributed by atoms with E-state index in [9.17, 15) is 4.79 Å². The Morgan fingerprint density at radius 2 is 2.04 bits per heavy atom. The Hall–Kier alpha value is -2.37. The summed E-state index contributed by atoms with van der Waals surface area (Å²) in [6.45, 7) is 5.37. The van der Waals surface area contributed by atoms with Gasteiger partial charge in [0.25, 0.3) is 5.91 Å². The van der Waals surface area contributed by atoms with Crippen molar-refractivity contribution in [3.05, 3.63) is 65.2 Å². The fourth-order valence-electron chi connectivity index (χ4n) is 3.99. The minimum atomic E-state index is -0.00434. The smallest absolute Gasteiger partial charge is 0.251 e. The zero-order valence-corrected chi connectivity index (χ0v) is 16.3. The molecule has 4 rings (SSSR count). The molecule has 5 heteroatoms. The Balaban J connectivity index is 1.20. The van der Waals surface area contributed by atoms with E-state index in [2.05, 4.69) is 39.8 Å². The summed E-state index contributed by atoms with van der Waals surface area (Å²) in [5, 5.41) is 6.50. The van der Waals surface area contributed by atoms with Crippen molar-refractivity contribution in [2.45, 2.75) is 31.8 Å². The molecule has 2 aliphatic rings. The van der Waals surface area contributed by atoms with Crippen LogP contribution in [0, 0.1) is 0 Å². The Labute approximate surface area is 167 Å². The lowest BCUT2D eigenvalue weighted by Gasteiger charge is -2.28. The van der Waals surface area contributed by atoms with E-state index >= 15 is 0 Å². The molecule has 1 unspecified atom stereocenters. The van der Waals surface area contributed by atoms with E-state index < -0.39 is 0 Å². The van der Waals surface area contributed by atoms with Crippen LogP contribution in [0.2, 0.25) is 0 Å². The molecule has 28 heavy (non-hydrogen) atoms. The number of rotatable bonds is 7. The number of hydrogen-bond acceptors (Lipinski definition) is 4. The molecule has 2 aliphatic heterocycles. The Morgan fingerprint density at radius 1 is 1.14 bits per heavy atom. The van der Waals surface area contributed by atoms with Gasteiger partial charge in [-0.05, 0) is 48.6 Å². The normalized spacial score (nSPS) is 19.2. The summed E-state index contributed by atoms with van der Waals surface area (Å²) in [5.41, 5.74) is 4.60. The summed E-state index contributed by atoms with van der Waals surface area (Å²) in [6, 6.07) is 16.8. The van der Waals surface area contributed by atoms with Crippen molar-refractivity contribution < 1.29 is 9.53 Å². The molecule has 2 aromatic rings. The third kappa shape index (κ3) is 4.91. The predicted octanol–water partition coefficient (Wildman–Crippen LogP) is 3.07. The van der Waals surface area contributed by atoms with Crippen molar-refractivity contribution in [1.29, 1.82) is 0 Å². The van der Waals surface area contributed by atoms with Crippen LogP contribution in [-0.4, -0.2) is 49.7 Å². The summed E-state index contributed by atoms with van der Waals surface area (Å²) in [6.07, 6.45) is 3.09. The zero-order valence-electron chi connectivity index (χ0n) is 16.3. The van der Waals surface area contributed by atoms with Gasteiger partial charge in [0.1, 0.15) is 0 Å². The van der Waals surface area contributed by atoms with Gasteiger partial charge in [-0.25, -0.2) is 0 Å². The molecular weight excluding hydrogens is 350 g/mol.